The number of hydrogen-bond donors (Lipinski definition) is 2. The molecule has 7 rings (SSSR count). The average Bonchev–Trinajstić information content (AvgIpc) is 3.80. The SMILES string of the molecule is C/C=C(\C=C(\c1cc2c(s1)CCCC21CCSC(N)=N1)C(C)C)C(=O)OC.CC.N#Cc1ccc(F)c(-c2cc3c(s2)CCCC32CCSC(N)=N2)c1. The van der Waals surface area contributed by atoms with Crippen LogP contribution in [-0.2, 0) is 33.5 Å². The Balaban J connectivity index is 0.000000196. The number of amidine groups is 2. The summed E-state index contributed by atoms with van der Waals surface area (Å²) in [5.41, 5.74) is 17.0. The van der Waals surface area contributed by atoms with Gasteiger partial charge in [-0.1, -0.05) is 57.3 Å². The molecule has 4 N–H and O–H groups in total. The lowest BCUT2D eigenvalue weighted by atomic mass is 9.78. The van der Waals surface area contributed by atoms with Crippen molar-refractivity contribution in [1.82, 2.24) is 0 Å². The summed E-state index contributed by atoms with van der Waals surface area (Å²) >= 11 is 6.73. The van der Waals surface area contributed by atoms with Gasteiger partial charge in [-0.25, -0.2) is 9.18 Å². The van der Waals surface area contributed by atoms with Crippen LogP contribution in [0.25, 0.3) is 16.0 Å². The Labute approximate surface area is 330 Å². The fourth-order valence-corrected chi connectivity index (χ4v) is 12.0. The highest BCUT2D eigenvalue weighted by atomic mass is 32.2. The van der Waals surface area contributed by atoms with Crippen LogP contribution in [-0.4, -0.2) is 34.9 Å². The van der Waals surface area contributed by atoms with Gasteiger partial charge in [0.2, 0.25) is 0 Å². The maximum Gasteiger partial charge on any atom is 0.337 e. The first-order valence-corrected chi connectivity index (χ1v) is 22.0. The van der Waals surface area contributed by atoms with E-state index in [1.54, 1.807) is 40.9 Å². The van der Waals surface area contributed by atoms with Crippen LogP contribution in [0.4, 0.5) is 4.39 Å². The van der Waals surface area contributed by atoms with E-state index in [1.807, 2.05) is 44.3 Å². The summed E-state index contributed by atoms with van der Waals surface area (Å²) in [6, 6.07) is 11.0. The number of rotatable bonds is 5. The number of nitriles is 1. The first-order valence-electron chi connectivity index (χ1n) is 18.4. The number of benzene rings is 1. The van der Waals surface area contributed by atoms with E-state index in [0.717, 1.165) is 67.7 Å². The predicted molar refractivity (Wildman–Crippen MR) is 225 cm³/mol. The molecular weight excluding hydrogens is 742 g/mol. The Hall–Kier alpha value is -3.37. The number of aliphatic imine (C=N–C) groups is 2. The first kappa shape index (κ1) is 40.8. The number of halogens is 1. The first-order chi connectivity index (χ1) is 25.5. The summed E-state index contributed by atoms with van der Waals surface area (Å²) < 4.78 is 19.2. The molecule has 2 unspecified atom stereocenters. The molecule has 0 saturated heterocycles. The quantitative estimate of drug-likeness (QED) is 0.150. The molecule has 0 radical (unpaired) electrons. The second kappa shape index (κ2) is 17.8. The molecule has 2 atom stereocenters. The van der Waals surface area contributed by atoms with Crippen LogP contribution < -0.4 is 11.5 Å². The van der Waals surface area contributed by atoms with Gasteiger partial charge in [-0.3, -0.25) is 9.98 Å². The molecule has 53 heavy (non-hydrogen) atoms. The van der Waals surface area contributed by atoms with Gasteiger partial charge in [0, 0.05) is 36.6 Å². The van der Waals surface area contributed by atoms with Gasteiger partial charge in [-0.2, -0.15) is 5.26 Å². The van der Waals surface area contributed by atoms with Crippen molar-refractivity contribution in [3.63, 3.8) is 0 Å². The van der Waals surface area contributed by atoms with Crippen molar-refractivity contribution < 1.29 is 13.9 Å². The Bertz CT molecular complexity index is 1990. The molecule has 1 aromatic carbocycles. The molecule has 4 aliphatic rings. The van der Waals surface area contributed by atoms with Crippen LogP contribution in [0.1, 0.15) is 104 Å². The Morgan fingerprint density at radius 2 is 1.53 bits per heavy atom. The number of ether oxygens (including phenoxy) is 1. The summed E-state index contributed by atoms with van der Waals surface area (Å²) in [4.78, 5) is 26.6. The highest BCUT2D eigenvalue weighted by Gasteiger charge is 2.41. The minimum absolute atomic E-state index is 0.147. The number of thiophene rings is 2. The number of nitrogens with zero attached hydrogens (tertiary/aromatic N) is 3. The van der Waals surface area contributed by atoms with Gasteiger partial charge >= 0.3 is 5.97 Å². The Morgan fingerprint density at radius 1 is 0.943 bits per heavy atom. The predicted octanol–water partition coefficient (Wildman–Crippen LogP) is 10.3. The molecule has 2 aromatic heterocycles. The second-order valence-electron chi connectivity index (χ2n) is 13.6. The van der Waals surface area contributed by atoms with Crippen molar-refractivity contribution in [3.05, 3.63) is 85.2 Å². The van der Waals surface area contributed by atoms with Gasteiger partial charge in [-0.05, 0) is 117 Å². The van der Waals surface area contributed by atoms with Crippen molar-refractivity contribution in [1.29, 1.82) is 5.26 Å². The molecule has 2 spiro atoms. The minimum atomic E-state index is -0.296. The van der Waals surface area contributed by atoms with Gasteiger partial charge < -0.3 is 16.2 Å². The van der Waals surface area contributed by atoms with E-state index in [9.17, 15) is 9.18 Å². The third kappa shape index (κ3) is 8.80. The van der Waals surface area contributed by atoms with Crippen LogP contribution >= 0.6 is 46.2 Å². The summed E-state index contributed by atoms with van der Waals surface area (Å²) in [5.74, 6) is 1.71. The fourth-order valence-electron chi connectivity index (χ4n) is 7.49. The van der Waals surface area contributed by atoms with Crippen LogP contribution in [0.3, 0.4) is 0 Å². The molecule has 282 valence electrons. The summed E-state index contributed by atoms with van der Waals surface area (Å²) in [7, 11) is 1.42. The number of thioether (sulfide) groups is 2. The van der Waals surface area contributed by atoms with Crippen molar-refractivity contribution in [3.8, 4) is 16.5 Å². The zero-order chi connectivity index (χ0) is 38.3. The zero-order valence-electron chi connectivity index (χ0n) is 31.5. The summed E-state index contributed by atoms with van der Waals surface area (Å²) in [6.07, 6.45) is 12.2. The number of carbonyl (C=O) groups excluding carboxylic acids is 1. The number of aryl methyl sites for hydroxylation is 2. The normalized spacial score (nSPS) is 22.3. The van der Waals surface area contributed by atoms with Crippen molar-refractivity contribution in [2.45, 2.75) is 97.1 Å². The van der Waals surface area contributed by atoms with E-state index in [1.165, 1.54) is 50.6 Å². The number of hydrogen-bond acceptors (Lipinski definition) is 11. The minimum Gasteiger partial charge on any atom is -0.465 e. The van der Waals surface area contributed by atoms with Crippen LogP contribution in [0.5, 0.6) is 0 Å². The Kier molecular flexibility index (Phi) is 13.7. The van der Waals surface area contributed by atoms with E-state index in [2.05, 4.69) is 32.0 Å². The fraction of sp³-hybridized carbons (Fsp3) is 0.463. The lowest BCUT2D eigenvalue weighted by molar-refractivity contribution is -0.135. The second-order valence-corrected chi connectivity index (χ2v) is 18.1. The number of nitrogens with two attached hydrogens (primary N) is 2. The molecule has 0 fully saturated rings. The monoisotopic (exact) mass is 791 g/mol. The lowest BCUT2D eigenvalue weighted by Crippen LogP contribution is -2.34. The van der Waals surface area contributed by atoms with Gasteiger partial charge in [0.25, 0.3) is 0 Å². The van der Waals surface area contributed by atoms with Gasteiger partial charge in [0.15, 0.2) is 10.3 Å². The summed E-state index contributed by atoms with van der Waals surface area (Å²) in [6.45, 7) is 10.2. The molecule has 0 saturated carbocycles. The van der Waals surface area contributed by atoms with Crippen LogP contribution in [0.15, 0.2) is 58.0 Å². The zero-order valence-corrected chi connectivity index (χ0v) is 34.8. The molecule has 4 heterocycles. The number of allylic oxidation sites excluding steroid dienone is 2. The maximum atomic E-state index is 14.3. The van der Waals surface area contributed by atoms with E-state index < -0.39 is 0 Å². The highest BCUT2D eigenvalue weighted by Crippen LogP contribution is 2.50. The van der Waals surface area contributed by atoms with Gasteiger partial charge in [0.1, 0.15) is 5.82 Å². The van der Waals surface area contributed by atoms with E-state index in [4.69, 9.17) is 31.5 Å². The number of methoxy groups -OCH3 is 1. The van der Waals surface area contributed by atoms with Crippen LogP contribution in [0, 0.1) is 23.1 Å². The molecule has 3 aromatic rings. The van der Waals surface area contributed by atoms with Crippen molar-refractivity contribution in [2.75, 3.05) is 18.6 Å². The molecule has 2 aliphatic heterocycles. The average molecular weight is 792 g/mol. The van der Waals surface area contributed by atoms with Crippen molar-refractivity contribution in [2.24, 2.45) is 27.4 Å². The number of fused-ring (bicyclic) bond motifs is 4. The molecule has 0 bridgehead atoms. The molecule has 7 nitrogen and oxygen atoms in total. The lowest BCUT2D eigenvalue weighted by Gasteiger charge is -2.36. The van der Waals surface area contributed by atoms with E-state index >= 15 is 0 Å². The standard InChI is InChI=1S/C21H28N2O2S2.C18H16FN3S2.C2H6/c1-5-14(19(24)25-4)11-15(13(2)3)18-12-16-17(27-18)7-6-8-21(16)9-10-26-20(22)23-21;19-14-4-3-11(10-20)8-12(14)16-9-13-15(24-16)2-1-5-18(13)6-7-23-17(21)22-18;1-2/h5,11-13H,6-10H2,1-4H3,(H2,22,23);3-4,8-9H,1-2,5-7H2,(H2,21,22);1-2H3/b14-5+,15-11+;;. The summed E-state index contributed by atoms with van der Waals surface area (Å²) in [5, 5.41) is 10.5. The largest absolute Gasteiger partial charge is 0.465 e. The van der Waals surface area contributed by atoms with Crippen LogP contribution in [0.2, 0.25) is 0 Å². The molecule has 12 heteroatoms. The highest BCUT2D eigenvalue weighted by molar-refractivity contribution is 8.14. The van der Waals surface area contributed by atoms with Gasteiger partial charge in [0.05, 0.1) is 35.4 Å². The van der Waals surface area contributed by atoms with Crippen molar-refractivity contribution >= 4 is 68.1 Å². The maximum absolute atomic E-state index is 14.3. The molecule has 0 amide bonds. The van der Waals surface area contributed by atoms with Gasteiger partial charge in [-0.15, -0.1) is 22.7 Å². The smallest absolute Gasteiger partial charge is 0.337 e. The number of esters is 1. The third-order valence-electron chi connectivity index (χ3n) is 10.1. The molecular formula is C41H50FN5O2S4. The molecule has 2 aliphatic carbocycles. The van der Waals surface area contributed by atoms with E-state index in [-0.39, 0.29) is 22.9 Å². The Morgan fingerprint density at radius 3 is 2.06 bits per heavy atom. The van der Waals surface area contributed by atoms with E-state index in [0.29, 0.717) is 33.0 Å². The number of carbonyl (C=O) groups is 1. The topological polar surface area (TPSA) is 127 Å². The third-order valence-corrected chi connectivity index (χ3v) is 14.2.